The molecule has 5 nitrogen and oxygen atoms in total. The van der Waals surface area contributed by atoms with E-state index in [2.05, 4.69) is 10.1 Å². The summed E-state index contributed by atoms with van der Waals surface area (Å²) >= 11 is 0. The number of carbonyl (C=O) groups is 1. The zero-order valence-electron chi connectivity index (χ0n) is 14.8. The maximum absolute atomic E-state index is 12.3. The van der Waals surface area contributed by atoms with Gasteiger partial charge in [-0.2, -0.15) is 8.78 Å². The van der Waals surface area contributed by atoms with Crippen LogP contribution in [0.1, 0.15) is 29.8 Å². The fourth-order valence-corrected chi connectivity index (χ4v) is 2.23. The van der Waals surface area contributed by atoms with Crippen LogP contribution in [0, 0.1) is 0 Å². The van der Waals surface area contributed by atoms with Crippen LogP contribution < -0.4 is 19.5 Å². The van der Waals surface area contributed by atoms with Crippen LogP contribution in [0.5, 0.6) is 17.2 Å². The third-order valence-electron chi connectivity index (χ3n) is 3.39. The quantitative estimate of drug-likeness (QED) is 0.768. The molecule has 2 rings (SSSR count). The van der Waals surface area contributed by atoms with Gasteiger partial charge in [-0.3, -0.25) is 4.79 Å². The Kier molecular flexibility index (Phi) is 6.77. The minimum Gasteiger partial charge on any atom is -0.493 e. The minimum absolute atomic E-state index is 0.0133. The van der Waals surface area contributed by atoms with Crippen LogP contribution in [0.25, 0.3) is 0 Å². The molecule has 140 valence electrons. The van der Waals surface area contributed by atoms with Crippen molar-refractivity contribution in [1.82, 2.24) is 5.32 Å². The van der Waals surface area contributed by atoms with Crippen molar-refractivity contribution in [2.45, 2.75) is 33.1 Å². The summed E-state index contributed by atoms with van der Waals surface area (Å²) in [5.74, 6) is 0.821. The van der Waals surface area contributed by atoms with Crippen LogP contribution in [0.3, 0.4) is 0 Å². The number of rotatable bonds is 8. The molecule has 0 aliphatic carbocycles. The Morgan fingerprint density at radius 3 is 2.31 bits per heavy atom. The molecular formula is C19H21F2NO4. The Bertz CT molecular complexity index is 733. The molecule has 0 saturated carbocycles. The Labute approximate surface area is 150 Å². The van der Waals surface area contributed by atoms with Crippen molar-refractivity contribution in [2.75, 3.05) is 7.11 Å². The van der Waals surface area contributed by atoms with Crippen LogP contribution in [0.15, 0.2) is 42.5 Å². The van der Waals surface area contributed by atoms with Crippen LogP contribution >= 0.6 is 0 Å². The summed E-state index contributed by atoms with van der Waals surface area (Å²) in [5.41, 5.74) is 1.18. The van der Waals surface area contributed by atoms with Gasteiger partial charge >= 0.3 is 6.61 Å². The van der Waals surface area contributed by atoms with Crippen LogP contribution in [0.4, 0.5) is 8.78 Å². The van der Waals surface area contributed by atoms with E-state index in [0.29, 0.717) is 17.1 Å². The summed E-state index contributed by atoms with van der Waals surface area (Å²) in [6.07, 6.45) is -0.0133. The molecule has 2 aromatic carbocycles. The molecule has 1 N–H and O–H groups in total. The first-order valence-electron chi connectivity index (χ1n) is 8.05. The number of methoxy groups -OCH3 is 1. The number of nitrogens with one attached hydrogen (secondary N) is 1. The third kappa shape index (κ3) is 5.61. The molecule has 0 radical (unpaired) electrons. The molecule has 0 aliphatic rings. The Morgan fingerprint density at radius 1 is 1.04 bits per heavy atom. The summed E-state index contributed by atoms with van der Waals surface area (Å²) in [5, 5.41) is 2.76. The number of carbonyl (C=O) groups excluding carboxylic acids is 1. The normalized spacial score (nSPS) is 10.7. The van der Waals surface area contributed by atoms with E-state index in [4.69, 9.17) is 9.47 Å². The number of amides is 1. The van der Waals surface area contributed by atoms with E-state index < -0.39 is 6.61 Å². The molecule has 0 saturated heterocycles. The molecule has 7 heteroatoms. The molecule has 0 fully saturated rings. The molecular weight excluding hydrogens is 344 g/mol. The van der Waals surface area contributed by atoms with Gasteiger partial charge < -0.3 is 19.5 Å². The predicted molar refractivity (Wildman–Crippen MR) is 93.0 cm³/mol. The van der Waals surface area contributed by atoms with Crippen molar-refractivity contribution in [1.29, 1.82) is 0 Å². The molecule has 0 unspecified atom stereocenters. The van der Waals surface area contributed by atoms with Gasteiger partial charge in [-0.1, -0.05) is 12.1 Å². The van der Waals surface area contributed by atoms with Gasteiger partial charge in [0.25, 0.3) is 5.91 Å². The van der Waals surface area contributed by atoms with Gasteiger partial charge in [0, 0.05) is 12.1 Å². The fourth-order valence-electron chi connectivity index (χ4n) is 2.23. The molecule has 0 bridgehead atoms. The van der Waals surface area contributed by atoms with E-state index in [9.17, 15) is 13.6 Å². The second-order valence-electron chi connectivity index (χ2n) is 5.74. The summed E-state index contributed by atoms with van der Waals surface area (Å²) < 4.78 is 39.4. The van der Waals surface area contributed by atoms with Gasteiger partial charge in [0.05, 0.1) is 13.2 Å². The molecule has 1 amide bonds. The van der Waals surface area contributed by atoms with Gasteiger partial charge in [-0.25, -0.2) is 0 Å². The smallest absolute Gasteiger partial charge is 0.387 e. The first-order chi connectivity index (χ1) is 12.4. The highest BCUT2D eigenvalue weighted by Crippen LogP contribution is 2.29. The highest BCUT2D eigenvalue weighted by atomic mass is 19.3. The maximum atomic E-state index is 12.3. The van der Waals surface area contributed by atoms with Crippen LogP contribution in [0.2, 0.25) is 0 Å². The van der Waals surface area contributed by atoms with Gasteiger partial charge in [0.2, 0.25) is 0 Å². The zero-order valence-corrected chi connectivity index (χ0v) is 14.8. The van der Waals surface area contributed by atoms with E-state index in [1.165, 1.54) is 19.2 Å². The largest absolute Gasteiger partial charge is 0.493 e. The van der Waals surface area contributed by atoms with Crippen molar-refractivity contribution in [3.63, 3.8) is 0 Å². The van der Waals surface area contributed by atoms with Crippen LogP contribution in [-0.2, 0) is 6.54 Å². The third-order valence-corrected chi connectivity index (χ3v) is 3.39. The Balaban J connectivity index is 1.99. The molecule has 2 aromatic rings. The lowest BCUT2D eigenvalue weighted by Crippen LogP contribution is -2.22. The predicted octanol–water partition coefficient (Wildman–Crippen LogP) is 4.01. The van der Waals surface area contributed by atoms with Gasteiger partial charge in [0.1, 0.15) is 5.75 Å². The Morgan fingerprint density at radius 2 is 1.73 bits per heavy atom. The van der Waals surface area contributed by atoms with Crippen molar-refractivity contribution < 1.29 is 27.8 Å². The van der Waals surface area contributed by atoms with Crippen molar-refractivity contribution >= 4 is 5.91 Å². The molecule has 0 spiro atoms. The lowest BCUT2D eigenvalue weighted by molar-refractivity contribution is -0.0498. The molecule has 0 atom stereocenters. The standard InChI is InChI=1S/C19H21F2NO4/c1-12(2)25-16-9-6-14(10-17(16)24-3)18(23)22-11-13-4-7-15(8-5-13)26-19(20)21/h4-10,12,19H,11H2,1-3H3,(H,22,23). The average Bonchev–Trinajstić information content (AvgIpc) is 2.60. The van der Waals surface area contributed by atoms with Crippen molar-refractivity contribution in [3.05, 3.63) is 53.6 Å². The minimum atomic E-state index is -2.86. The fraction of sp³-hybridized carbons (Fsp3) is 0.316. The topological polar surface area (TPSA) is 56.8 Å². The summed E-state index contributed by atoms with van der Waals surface area (Å²) in [6.45, 7) is 1.19. The first-order valence-corrected chi connectivity index (χ1v) is 8.05. The van der Waals surface area contributed by atoms with E-state index >= 15 is 0 Å². The second-order valence-corrected chi connectivity index (χ2v) is 5.74. The first kappa shape index (κ1) is 19.5. The molecule has 0 heterocycles. The summed E-state index contributed by atoms with van der Waals surface area (Å²) in [4.78, 5) is 12.3. The highest BCUT2D eigenvalue weighted by molar-refractivity contribution is 5.94. The van der Waals surface area contributed by atoms with E-state index in [1.54, 1.807) is 30.3 Å². The molecule has 0 aromatic heterocycles. The molecule has 0 aliphatic heterocycles. The zero-order chi connectivity index (χ0) is 19.1. The van der Waals surface area contributed by atoms with E-state index in [0.717, 1.165) is 5.56 Å². The number of hydrogen-bond acceptors (Lipinski definition) is 4. The van der Waals surface area contributed by atoms with Crippen LogP contribution in [-0.4, -0.2) is 25.7 Å². The average molecular weight is 365 g/mol. The number of benzene rings is 2. The number of ether oxygens (including phenoxy) is 3. The highest BCUT2D eigenvalue weighted by Gasteiger charge is 2.12. The number of hydrogen-bond donors (Lipinski definition) is 1. The lowest BCUT2D eigenvalue weighted by atomic mass is 10.1. The summed E-state index contributed by atoms with van der Waals surface area (Å²) in [7, 11) is 1.51. The van der Waals surface area contributed by atoms with E-state index in [1.807, 2.05) is 13.8 Å². The van der Waals surface area contributed by atoms with Crippen molar-refractivity contribution in [3.8, 4) is 17.2 Å². The SMILES string of the molecule is COc1cc(C(=O)NCc2ccc(OC(F)F)cc2)ccc1OC(C)C. The van der Waals surface area contributed by atoms with Gasteiger partial charge in [-0.15, -0.1) is 0 Å². The van der Waals surface area contributed by atoms with Crippen molar-refractivity contribution in [2.24, 2.45) is 0 Å². The summed E-state index contributed by atoms with van der Waals surface area (Å²) in [6, 6.07) is 11.0. The van der Waals surface area contributed by atoms with Gasteiger partial charge in [0.15, 0.2) is 11.5 Å². The lowest BCUT2D eigenvalue weighted by Gasteiger charge is -2.14. The molecule has 26 heavy (non-hydrogen) atoms. The number of halogens is 2. The number of alkyl halides is 2. The van der Waals surface area contributed by atoms with E-state index in [-0.39, 0.29) is 24.3 Å². The maximum Gasteiger partial charge on any atom is 0.387 e. The van der Waals surface area contributed by atoms with Gasteiger partial charge in [-0.05, 0) is 49.7 Å². The Hall–Kier alpha value is -2.83. The second kappa shape index (κ2) is 9.03. The monoisotopic (exact) mass is 365 g/mol.